The second kappa shape index (κ2) is 7.98. The first-order valence-corrected chi connectivity index (χ1v) is 9.50. The fourth-order valence-corrected chi connectivity index (χ4v) is 7.65. The molecule has 0 saturated heterocycles. The second-order valence-electron chi connectivity index (χ2n) is 5.12. The molecule has 0 bridgehead atoms. The Hall–Kier alpha value is -1.33. The van der Waals surface area contributed by atoms with E-state index in [1.165, 1.54) is 0 Å². The van der Waals surface area contributed by atoms with Crippen molar-refractivity contribution in [1.82, 2.24) is 0 Å². The number of hydrogen-bond acceptors (Lipinski definition) is 1. The van der Waals surface area contributed by atoms with Crippen LogP contribution in [0.4, 0.5) is 4.79 Å². The molecule has 23 heavy (non-hydrogen) atoms. The maximum Gasteiger partial charge on any atom is 0 e. The number of rotatable bonds is 4. The van der Waals surface area contributed by atoms with Gasteiger partial charge in [-0.25, -0.2) is 0 Å². The summed E-state index contributed by atoms with van der Waals surface area (Å²) in [5.41, 5.74) is 0. The summed E-state index contributed by atoms with van der Waals surface area (Å²) in [4.78, 5) is 12.4. The van der Waals surface area contributed by atoms with Gasteiger partial charge in [0.25, 0.3) is 0 Å². The van der Waals surface area contributed by atoms with Crippen LogP contribution < -0.4 is 15.9 Å². The molecule has 0 radical (unpaired) electrons. The molecule has 0 saturated carbocycles. The average Bonchev–Trinajstić information content (AvgIpc) is 2.58. The van der Waals surface area contributed by atoms with Crippen molar-refractivity contribution in [2.45, 2.75) is 0 Å². The fraction of sp³-hybridized carbons (Fsp3) is 0. The van der Waals surface area contributed by atoms with Crippen LogP contribution in [0, 0.1) is 0 Å². The van der Waals surface area contributed by atoms with E-state index in [1.54, 1.807) is 0 Å². The van der Waals surface area contributed by atoms with Crippen molar-refractivity contribution in [2.24, 2.45) is 0 Å². The molecule has 118 valence electrons. The molecule has 0 spiro atoms. The first kappa shape index (κ1) is 18.0. The summed E-state index contributed by atoms with van der Waals surface area (Å²) in [5, 5.41) is 3.02. The molecule has 0 fully saturated rings. The summed E-state index contributed by atoms with van der Waals surface area (Å²) in [6.45, 7) is 0. The van der Waals surface area contributed by atoms with Gasteiger partial charge >= 0.3 is 136 Å². The minimum atomic E-state index is -2.87. The molecule has 1 nitrogen and oxygen atoms in total. The van der Waals surface area contributed by atoms with Gasteiger partial charge in [-0.15, -0.1) is 0 Å². The van der Waals surface area contributed by atoms with E-state index in [2.05, 4.69) is 0 Å². The second-order valence-corrected chi connectivity index (χ2v) is 9.47. The van der Waals surface area contributed by atoms with Crippen LogP contribution in [0.5, 0.6) is 0 Å². The summed E-state index contributed by atoms with van der Waals surface area (Å²) >= 11 is 6.23. The maximum atomic E-state index is 12.7. The average molecular weight is 428 g/mol. The SMILES string of the molecule is O=C(Cl)[PH](c1ccccc1)(c1ccccc1)c1ccccc1.[Ru]. The minimum Gasteiger partial charge on any atom is 0 e. The van der Waals surface area contributed by atoms with Crippen molar-refractivity contribution in [3.63, 3.8) is 0 Å². The van der Waals surface area contributed by atoms with Crippen LogP contribution in [0.2, 0.25) is 0 Å². The summed E-state index contributed by atoms with van der Waals surface area (Å²) in [5.74, 6) is 0. The standard InChI is InChI=1S/C19H16ClOP.Ru/c20-19(21)22(16-10-4-1-5-11-16,17-12-6-2-7-13-17)18-14-8-3-9-15-18;/h1-15,22H;. The Labute approximate surface area is 154 Å². The minimum absolute atomic E-state index is 0. The number of hydrogen-bond donors (Lipinski definition) is 0. The van der Waals surface area contributed by atoms with E-state index in [-0.39, 0.29) is 24.5 Å². The molecule has 0 aromatic heterocycles. The van der Waals surface area contributed by atoms with Crippen molar-refractivity contribution in [3.05, 3.63) is 91.0 Å². The molecule has 0 amide bonds. The van der Waals surface area contributed by atoms with Crippen LogP contribution in [0.1, 0.15) is 0 Å². The first-order valence-electron chi connectivity index (χ1n) is 7.13. The Morgan fingerprint density at radius 2 is 0.870 bits per heavy atom. The summed E-state index contributed by atoms with van der Waals surface area (Å²) < 4.78 is 0. The van der Waals surface area contributed by atoms with Crippen LogP contribution >= 0.6 is 18.9 Å². The molecule has 0 heterocycles. The van der Waals surface area contributed by atoms with E-state index in [4.69, 9.17) is 11.6 Å². The molecule has 3 rings (SSSR count). The molecule has 0 aliphatic heterocycles. The molecule has 0 aliphatic carbocycles. The Morgan fingerprint density at radius 1 is 0.609 bits per heavy atom. The number of carbonyl (C=O) groups excluding carboxylic acids is 1. The summed E-state index contributed by atoms with van der Waals surface area (Å²) in [7, 11) is -2.87. The van der Waals surface area contributed by atoms with Crippen molar-refractivity contribution >= 4 is 39.8 Å². The van der Waals surface area contributed by atoms with E-state index < -0.39 is 7.26 Å². The van der Waals surface area contributed by atoms with Gasteiger partial charge < -0.3 is 0 Å². The van der Waals surface area contributed by atoms with Crippen LogP contribution in [-0.2, 0) is 19.5 Å². The molecule has 0 atom stereocenters. The van der Waals surface area contributed by atoms with Gasteiger partial charge in [0, 0.05) is 19.5 Å². The quantitative estimate of drug-likeness (QED) is 0.348. The predicted octanol–water partition coefficient (Wildman–Crippen LogP) is 4.07. The summed E-state index contributed by atoms with van der Waals surface area (Å²) in [6.07, 6.45) is 0. The van der Waals surface area contributed by atoms with Crippen LogP contribution in [0.25, 0.3) is 0 Å². The van der Waals surface area contributed by atoms with Crippen LogP contribution in [0.15, 0.2) is 91.0 Å². The molecule has 0 unspecified atom stereocenters. The van der Waals surface area contributed by atoms with E-state index in [0.717, 1.165) is 15.9 Å². The van der Waals surface area contributed by atoms with Gasteiger partial charge in [-0.1, -0.05) is 0 Å². The third-order valence-electron chi connectivity index (χ3n) is 3.92. The fourth-order valence-electron chi connectivity index (χ4n) is 2.90. The Kier molecular flexibility index (Phi) is 6.25. The molecule has 0 aliphatic rings. The smallest absolute Gasteiger partial charge is 0 e. The Balaban J connectivity index is 0.00000192. The van der Waals surface area contributed by atoms with Crippen LogP contribution in [-0.4, -0.2) is 4.98 Å². The topological polar surface area (TPSA) is 17.1 Å². The van der Waals surface area contributed by atoms with Gasteiger partial charge in [0.05, 0.1) is 0 Å². The van der Waals surface area contributed by atoms with E-state index in [1.807, 2.05) is 91.0 Å². The number of halogens is 1. The van der Waals surface area contributed by atoms with Gasteiger partial charge in [-0.3, -0.25) is 0 Å². The summed E-state index contributed by atoms with van der Waals surface area (Å²) in [6, 6.07) is 29.7. The molecule has 4 heteroatoms. The van der Waals surface area contributed by atoms with Crippen molar-refractivity contribution in [3.8, 4) is 0 Å². The van der Waals surface area contributed by atoms with Gasteiger partial charge in [-0.05, 0) is 0 Å². The molecule has 3 aromatic rings. The zero-order valence-electron chi connectivity index (χ0n) is 12.3. The third-order valence-corrected chi connectivity index (χ3v) is 8.95. The Morgan fingerprint density at radius 3 is 1.09 bits per heavy atom. The largest absolute Gasteiger partial charge is 0 e. The normalized spacial score (nSPS) is 11.3. The molecule has 0 N–H and O–H groups in total. The zero-order chi connectivity index (χ0) is 15.4. The van der Waals surface area contributed by atoms with Crippen LogP contribution in [0.3, 0.4) is 0 Å². The number of benzene rings is 3. The van der Waals surface area contributed by atoms with Gasteiger partial charge in [-0.2, -0.15) is 0 Å². The van der Waals surface area contributed by atoms with Crippen molar-refractivity contribution in [1.29, 1.82) is 0 Å². The Bertz CT molecular complexity index is 666. The third kappa shape index (κ3) is 3.31. The van der Waals surface area contributed by atoms with E-state index >= 15 is 0 Å². The number of carbonyl (C=O) groups is 1. The van der Waals surface area contributed by atoms with E-state index in [9.17, 15) is 4.79 Å². The van der Waals surface area contributed by atoms with Gasteiger partial charge in [0.1, 0.15) is 0 Å². The zero-order valence-corrected chi connectivity index (χ0v) is 15.8. The monoisotopic (exact) mass is 428 g/mol. The van der Waals surface area contributed by atoms with Crippen molar-refractivity contribution < 1.29 is 24.3 Å². The maximum absolute atomic E-state index is 12.7. The van der Waals surface area contributed by atoms with Gasteiger partial charge in [0.15, 0.2) is 0 Å². The molecular formula is C19H16ClOPRu. The predicted molar refractivity (Wildman–Crippen MR) is 97.8 cm³/mol. The van der Waals surface area contributed by atoms with Crippen molar-refractivity contribution in [2.75, 3.05) is 0 Å². The first-order chi connectivity index (χ1) is 10.8. The van der Waals surface area contributed by atoms with Gasteiger partial charge in [0.2, 0.25) is 0 Å². The van der Waals surface area contributed by atoms with E-state index in [0.29, 0.717) is 0 Å². The molecular weight excluding hydrogens is 412 g/mol. The molecule has 3 aromatic carbocycles.